The lowest BCUT2D eigenvalue weighted by molar-refractivity contribution is -0.224. The van der Waals surface area contributed by atoms with Gasteiger partial charge in [-0.3, -0.25) is 19.4 Å². The molecule has 7 nitrogen and oxygen atoms in total. The molecule has 1 atom stereocenters. The molecule has 0 unspecified atom stereocenters. The van der Waals surface area contributed by atoms with Crippen molar-refractivity contribution in [2.75, 3.05) is 46.4 Å². The van der Waals surface area contributed by atoms with E-state index in [0.717, 1.165) is 44.7 Å². The summed E-state index contributed by atoms with van der Waals surface area (Å²) < 4.78 is 6.18. The van der Waals surface area contributed by atoms with Crippen LogP contribution in [0.1, 0.15) is 23.4 Å². The highest BCUT2D eigenvalue weighted by atomic mass is 32.1. The van der Waals surface area contributed by atoms with Gasteiger partial charge in [0, 0.05) is 37.6 Å². The van der Waals surface area contributed by atoms with Crippen molar-refractivity contribution in [3.05, 3.63) is 16.1 Å². The van der Waals surface area contributed by atoms with Gasteiger partial charge in [0.1, 0.15) is 11.6 Å². The smallest absolute Gasteiger partial charge is 0.265 e. The number of amides is 1. The van der Waals surface area contributed by atoms with Crippen LogP contribution < -0.4 is 0 Å². The van der Waals surface area contributed by atoms with Gasteiger partial charge in [0.2, 0.25) is 0 Å². The van der Waals surface area contributed by atoms with Crippen LogP contribution in [0.2, 0.25) is 0 Å². The lowest BCUT2D eigenvalue weighted by Crippen LogP contribution is -2.72. The minimum atomic E-state index is -0.235. The maximum Gasteiger partial charge on any atom is 0.265 e. The fourth-order valence-corrected chi connectivity index (χ4v) is 4.76. The lowest BCUT2D eigenvalue weighted by atomic mass is 9.90. The minimum absolute atomic E-state index is 0.0357. The molecule has 3 saturated heterocycles. The molecule has 1 spiro atoms. The van der Waals surface area contributed by atoms with Crippen molar-refractivity contribution in [2.45, 2.75) is 38.0 Å². The van der Waals surface area contributed by atoms with E-state index in [2.05, 4.69) is 21.7 Å². The number of aromatic nitrogens is 1. The largest absolute Gasteiger partial charge is 0.369 e. The molecule has 3 fully saturated rings. The van der Waals surface area contributed by atoms with Crippen molar-refractivity contribution in [2.24, 2.45) is 0 Å². The standard InChI is InChI=1S/C17H26N4O3S/c1-13-15(25-12-18-13)7-20-10-17(11-20)9-19(2)14(8-23-17)16(22)21-5-3-4-6-24-21/h12,14H,3-11H2,1-2H3/t14-/m0/s1. The predicted octanol–water partition coefficient (Wildman–Crippen LogP) is 0.891. The second kappa shape index (κ2) is 6.92. The van der Waals surface area contributed by atoms with Crippen molar-refractivity contribution in [3.63, 3.8) is 0 Å². The van der Waals surface area contributed by atoms with Gasteiger partial charge in [0.15, 0.2) is 0 Å². The zero-order valence-corrected chi connectivity index (χ0v) is 15.8. The zero-order chi connectivity index (χ0) is 17.4. The van der Waals surface area contributed by atoms with Crippen LogP contribution in [-0.2, 0) is 20.9 Å². The van der Waals surface area contributed by atoms with Gasteiger partial charge in [-0.15, -0.1) is 11.3 Å². The molecule has 0 aliphatic carbocycles. The van der Waals surface area contributed by atoms with Crippen LogP contribution in [0.15, 0.2) is 5.51 Å². The maximum absolute atomic E-state index is 12.7. The van der Waals surface area contributed by atoms with Crippen LogP contribution in [0.5, 0.6) is 0 Å². The Morgan fingerprint density at radius 2 is 2.24 bits per heavy atom. The number of hydrogen-bond acceptors (Lipinski definition) is 7. The van der Waals surface area contributed by atoms with Gasteiger partial charge in [0.25, 0.3) is 5.91 Å². The van der Waals surface area contributed by atoms with E-state index in [1.165, 1.54) is 9.94 Å². The van der Waals surface area contributed by atoms with Gasteiger partial charge >= 0.3 is 0 Å². The second-order valence-electron chi connectivity index (χ2n) is 7.41. The number of likely N-dealkylation sites (N-methyl/N-ethyl adjacent to an activating group) is 1. The number of hydrogen-bond donors (Lipinski definition) is 0. The number of carbonyl (C=O) groups is 1. The topological polar surface area (TPSA) is 58.1 Å². The van der Waals surface area contributed by atoms with Crippen LogP contribution in [0.4, 0.5) is 0 Å². The van der Waals surface area contributed by atoms with Crippen molar-refractivity contribution in [1.29, 1.82) is 0 Å². The van der Waals surface area contributed by atoms with Crippen molar-refractivity contribution in [3.8, 4) is 0 Å². The van der Waals surface area contributed by atoms with Gasteiger partial charge in [-0.1, -0.05) is 0 Å². The van der Waals surface area contributed by atoms with E-state index < -0.39 is 0 Å². The number of rotatable bonds is 3. The second-order valence-corrected chi connectivity index (χ2v) is 8.35. The van der Waals surface area contributed by atoms with E-state index in [0.29, 0.717) is 19.8 Å². The summed E-state index contributed by atoms with van der Waals surface area (Å²) in [4.78, 5) is 28.3. The van der Waals surface area contributed by atoms with E-state index in [-0.39, 0.29) is 17.6 Å². The van der Waals surface area contributed by atoms with Gasteiger partial charge in [-0.05, 0) is 26.8 Å². The van der Waals surface area contributed by atoms with E-state index in [1.807, 2.05) is 12.6 Å². The maximum atomic E-state index is 12.7. The zero-order valence-electron chi connectivity index (χ0n) is 14.9. The van der Waals surface area contributed by atoms with Crippen LogP contribution >= 0.6 is 11.3 Å². The highest BCUT2D eigenvalue weighted by Crippen LogP contribution is 2.33. The highest BCUT2D eigenvalue weighted by molar-refractivity contribution is 7.09. The summed E-state index contributed by atoms with van der Waals surface area (Å²) in [6.07, 6.45) is 2.04. The first-order chi connectivity index (χ1) is 12.1. The van der Waals surface area contributed by atoms with Crippen molar-refractivity contribution in [1.82, 2.24) is 19.8 Å². The van der Waals surface area contributed by atoms with Gasteiger partial charge in [0.05, 0.1) is 24.4 Å². The monoisotopic (exact) mass is 366 g/mol. The molecule has 25 heavy (non-hydrogen) atoms. The van der Waals surface area contributed by atoms with Crippen LogP contribution in [0, 0.1) is 6.92 Å². The summed E-state index contributed by atoms with van der Waals surface area (Å²) in [6.45, 7) is 7.39. The first-order valence-electron chi connectivity index (χ1n) is 8.96. The summed E-state index contributed by atoms with van der Waals surface area (Å²) in [5.41, 5.74) is 2.90. The summed E-state index contributed by atoms with van der Waals surface area (Å²) in [5, 5.41) is 1.53. The summed E-state index contributed by atoms with van der Waals surface area (Å²) >= 11 is 1.71. The molecule has 4 rings (SSSR count). The molecule has 4 heterocycles. The molecule has 0 N–H and O–H groups in total. The first-order valence-corrected chi connectivity index (χ1v) is 9.84. The average Bonchev–Trinajstić information content (AvgIpc) is 2.99. The summed E-state index contributed by atoms with van der Waals surface area (Å²) in [7, 11) is 2.02. The molecule has 8 heteroatoms. The van der Waals surface area contributed by atoms with Crippen molar-refractivity contribution < 1.29 is 14.4 Å². The SMILES string of the molecule is Cc1ncsc1CN1CC2(C1)CN(C)[C@H](C(=O)N1CCCCO1)CO2. The molecule has 1 aromatic heterocycles. The molecular formula is C17H26N4O3S. The Balaban J connectivity index is 1.30. The number of hydroxylamine groups is 2. The third kappa shape index (κ3) is 3.46. The van der Waals surface area contributed by atoms with Gasteiger partial charge in [-0.25, -0.2) is 10.0 Å². The van der Waals surface area contributed by atoms with Crippen molar-refractivity contribution >= 4 is 17.2 Å². The van der Waals surface area contributed by atoms with Gasteiger partial charge < -0.3 is 4.74 Å². The molecule has 138 valence electrons. The molecule has 1 aromatic rings. The molecule has 0 aromatic carbocycles. The van der Waals surface area contributed by atoms with E-state index in [9.17, 15) is 4.79 Å². The third-order valence-electron chi connectivity index (χ3n) is 5.39. The highest BCUT2D eigenvalue weighted by Gasteiger charge is 2.50. The molecule has 0 saturated carbocycles. The quantitative estimate of drug-likeness (QED) is 0.792. The normalized spacial score (nSPS) is 27.4. The molecule has 0 radical (unpaired) electrons. The fourth-order valence-electron chi connectivity index (χ4n) is 3.94. The Morgan fingerprint density at radius 3 is 2.88 bits per heavy atom. The van der Waals surface area contributed by atoms with E-state index in [4.69, 9.17) is 9.57 Å². The van der Waals surface area contributed by atoms with Crippen LogP contribution in [-0.4, -0.2) is 83.8 Å². The summed E-state index contributed by atoms with van der Waals surface area (Å²) in [5.74, 6) is 0.0357. The fraction of sp³-hybridized carbons (Fsp3) is 0.765. The Morgan fingerprint density at radius 1 is 1.40 bits per heavy atom. The summed E-state index contributed by atoms with van der Waals surface area (Å²) in [6, 6.07) is -0.235. The van der Waals surface area contributed by atoms with Crippen LogP contribution in [0.3, 0.4) is 0 Å². The van der Waals surface area contributed by atoms with E-state index >= 15 is 0 Å². The van der Waals surface area contributed by atoms with Gasteiger partial charge in [-0.2, -0.15) is 0 Å². The average molecular weight is 366 g/mol. The Kier molecular flexibility index (Phi) is 4.81. The number of morpholine rings is 1. The molecular weight excluding hydrogens is 340 g/mol. The third-order valence-corrected chi connectivity index (χ3v) is 6.31. The number of likely N-dealkylation sites (tertiary alicyclic amines) is 1. The number of nitrogens with zero attached hydrogens (tertiary/aromatic N) is 4. The van der Waals surface area contributed by atoms with E-state index in [1.54, 1.807) is 11.3 Å². The molecule has 0 bridgehead atoms. The number of carbonyl (C=O) groups excluding carboxylic acids is 1. The number of aryl methyl sites for hydroxylation is 1. The Hall–Kier alpha value is -1.06. The lowest BCUT2D eigenvalue weighted by Gasteiger charge is -2.55. The number of thiazole rings is 1. The number of ether oxygens (including phenoxy) is 1. The minimum Gasteiger partial charge on any atom is -0.369 e. The first kappa shape index (κ1) is 17.4. The molecule has 3 aliphatic heterocycles. The Labute approximate surface area is 152 Å². The predicted molar refractivity (Wildman–Crippen MR) is 94.1 cm³/mol. The Bertz CT molecular complexity index is 625. The molecule has 1 amide bonds. The van der Waals surface area contributed by atoms with Crippen LogP contribution in [0.25, 0.3) is 0 Å². The molecule has 3 aliphatic rings.